The van der Waals surface area contributed by atoms with Gasteiger partial charge in [-0.15, -0.1) is 0 Å². The number of carbonyl (C=O) groups excluding carboxylic acids is 1. The highest BCUT2D eigenvalue weighted by Gasteiger charge is 2.62. The number of hydrogen-bond acceptors (Lipinski definition) is 4. The normalized spacial score (nSPS) is 24.2. The van der Waals surface area contributed by atoms with Crippen LogP contribution < -0.4 is 0 Å². The van der Waals surface area contributed by atoms with Crippen molar-refractivity contribution >= 4 is 23.7 Å². The van der Waals surface area contributed by atoms with Gasteiger partial charge in [-0.05, 0) is 6.92 Å². The third kappa shape index (κ3) is 2.27. The highest BCUT2D eigenvalue weighted by atomic mass is 35.5. The maximum Gasteiger partial charge on any atom is 0.438 e. The standard InChI is InChI=1S/C10H10ClF3N4O2/c1-6(17-5-7(11)4-16-17)8(19)18-9(20,2-3-15-18)10(12,13)14/h3-6,20H,2H2,1H3/t6-,9+/m1/s1. The largest absolute Gasteiger partial charge is 0.438 e. The number of aliphatic hydroxyl groups is 1. The Morgan fingerprint density at radius 2 is 2.25 bits per heavy atom. The summed E-state index contributed by atoms with van der Waals surface area (Å²) < 4.78 is 39.7. The fraction of sp³-hybridized carbons (Fsp3) is 0.500. The number of carbonyl (C=O) groups is 1. The van der Waals surface area contributed by atoms with Crippen LogP contribution in [0, 0.1) is 0 Å². The topological polar surface area (TPSA) is 70.7 Å². The van der Waals surface area contributed by atoms with Gasteiger partial charge >= 0.3 is 6.18 Å². The molecule has 6 nitrogen and oxygen atoms in total. The van der Waals surface area contributed by atoms with Gasteiger partial charge in [0, 0.05) is 18.8 Å². The quantitative estimate of drug-likeness (QED) is 0.901. The Morgan fingerprint density at radius 3 is 2.75 bits per heavy atom. The zero-order chi connectivity index (χ0) is 15.1. The summed E-state index contributed by atoms with van der Waals surface area (Å²) in [5, 5.41) is 17.0. The van der Waals surface area contributed by atoms with Gasteiger partial charge in [0.05, 0.1) is 11.2 Å². The predicted molar refractivity (Wildman–Crippen MR) is 62.9 cm³/mol. The van der Waals surface area contributed by atoms with Crippen molar-refractivity contribution in [2.45, 2.75) is 31.3 Å². The molecule has 1 amide bonds. The second-order valence-electron chi connectivity index (χ2n) is 4.28. The van der Waals surface area contributed by atoms with Crippen molar-refractivity contribution in [3.63, 3.8) is 0 Å². The lowest BCUT2D eigenvalue weighted by molar-refractivity contribution is -0.302. The Morgan fingerprint density at radius 1 is 1.60 bits per heavy atom. The van der Waals surface area contributed by atoms with E-state index in [1.807, 2.05) is 0 Å². The molecule has 2 atom stereocenters. The number of halogens is 4. The van der Waals surface area contributed by atoms with E-state index in [-0.39, 0.29) is 10.0 Å². The summed E-state index contributed by atoms with van der Waals surface area (Å²) in [7, 11) is 0. The minimum absolute atomic E-state index is 0.0350. The Balaban J connectivity index is 2.26. The van der Waals surface area contributed by atoms with Crippen LogP contribution in [0.4, 0.5) is 13.2 Å². The van der Waals surface area contributed by atoms with Crippen molar-refractivity contribution in [2.75, 3.05) is 0 Å². The van der Waals surface area contributed by atoms with E-state index in [0.717, 1.165) is 10.9 Å². The number of amides is 1. The van der Waals surface area contributed by atoms with Crippen molar-refractivity contribution in [2.24, 2.45) is 5.10 Å². The Hall–Kier alpha value is -1.61. The molecular weight excluding hydrogens is 301 g/mol. The minimum atomic E-state index is -5.01. The molecule has 110 valence electrons. The second-order valence-corrected chi connectivity index (χ2v) is 4.72. The number of rotatable bonds is 2. The van der Waals surface area contributed by atoms with Crippen LogP contribution in [0.25, 0.3) is 0 Å². The van der Waals surface area contributed by atoms with Crippen LogP contribution in [0.1, 0.15) is 19.4 Å². The average Bonchev–Trinajstić information content (AvgIpc) is 2.93. The van der Waals surface area contributed by atoms with E-state index in [2.05, 4.69) is 10.2 Å². The lowest BCUT2D eigenvalue weighted by Crippen LogP contribution is -2.57. The molecule has 20 heavy (non-hydrogen) atoms. The molecular formula is C10H10ClF3N4O2. The molecule has 0 aliphatic carbocycles. The van der Waals surface area contributed by atoms with Crippen molar-refractivity contribution in [1.82, 2.24) is 14.8 Å². The monoisotopic (exact) mass is 310 g/mol. The van der Waals surface area contributed by atoms with Gasteiger partial charge in [0.2, 0.25) is 0 Å². The van der Waals surface area contributed by atoms with Crippen molar-refractivity contribution < 1.29 is 23.1 Å². The first-order valence-corrected chi connectivity index (χ1v) is 5.90. The number of hydrazone groups is 1. The van der Waals surface area contributed by atoms with Crippen LogP contribution in [-0.2, 0) is 4.79 Å². The Labute approximate surface area is 116 Å². The smallest absolute Gasteiger partial charge is 0.362 e. The van der Waals surface area contributed by atoms with E-state index in [9.17, 15) is 23.1 Å². The van der Waals surface area contributed by atoms with Crippen LogP contribution in [0.5, 0.6) is 0 Å². The molecule has 1 aliphatic heterocycles. The summed E-state index contributed by atoms with van der Waals surface area (Å²) >= 11 is 5.63. The highest BCUT2D eigenvalue weighted by Crippen LogP contribution is 2.39. The van der Waals surface area contributed by atoms with Gasteiger partial charge < -0.3 is 5.11 Å². The van der Waals surface area contributed by atoms with E-state index >= 15 is 0 Å². The Kier molecular flexibility index (Phi) is 3.51. The summed E-state index contributed by atoms with van der Waals surface area (Å²) in [5.74, 6) is -1.04. The molecule has 2 heterocycles. The Bertz CT molecular complexity index is 559. The molecule has 0 saturated carbocycles. The predicted octanol–water partition coefficient (Wildman–Crippen LogP) is 1.57. The van der Waals surface area contributed by atoms with Crippen LogP contribution in [-0.4, -0.2) is 43.9 Å². The van der Waals surface area contributed by atoms with E-state index in [1.165, 1.54) is 19.3 Å². The summed E-state index contributed by atoms with van der Waals surface area (Å²) in [6.07, 6.45) is -2.45. The number of aromatic nitrogens is 2. The molecule has 10 heteroatoms. The molecule has 0 unspecified atom stereocenters. The number of alkyl halides is 3. The van der Waals surface area contributed by atoms with Gasteiger partial charge in [-0.3, -0.25) is 9.48 Å². The summed E-state index contributed by atoms with van der Waals surface area (Å²) in [4.78, 5) is 12.1. The molecule has 1 N–H and O–H groups in total. The van der Waals surface area contributed by atoms with Crippen molar-refractivity contribution in [3.8, 4) is 0 Å². The zero-order valence-electron chi connectivity index (χ0n) is 10.2. The molecule has 0 bridgehead atoms. The first kappa shape index (κ1) is 14.8. The number of hydrogen-bond donors (Lipinski definition) is 1. The average molecular weight is 311 g/mol. The zero-order valence-corrected chi connectivity index (χ0v) is 10.9. The fourth-order valence-electron chi connectivity index (χ4n) is 1.72. The van der Waals surface area contributed by atoms with Crippen LogP contribution in [0.15, 0.2) is 17.5 Å². The van der Waals surface area contributed by atoms with Gasteiger partial charge in [-0.25, -0.2) is 0 Å². The first-order chi connectivity index (χ1) is 9.17. The fourth-order valence-corrected chi connectivity index (χ4v) is 1.87. The van der Waals surface area contributed by atoms with E-state index in [1.54, 1.807) is 0 Å². The van der Waals surface area contributed by atoms with Gasteiger partial charge in [-0.2, -0.15) is 28.4 Å². The van der Waals surface area contributed by atoms with Crippen LogP contribution >= 0.6 is 11.6 Å². The van der Waals surface area contributed by atoms with Crippen molar-refractivity contribution in [3.05, 3.63) is 17.4 Å². The molecule has 1 aromatic rings. The molecule has 2 rings (SSSR count). The maximum absolute atomic E-state index is 12.9. The molecule has 0 saturated heterocycles. The molecule has 0 spiro atoms. The van der Waals surface area contributed by atoms with Crippen molar-refractivity contribution in [1.29, 1.82) is 0 Å². The van der Waals surface area contributed by atoms with E-state index in [4.69, 9.17) is 11.6 Å². The third-order valence-electron chi connectivity index (χ3n) is 2.91. The van der Waals surface area contributed by atoms with Crippen LogP contribution in [0.3, 0.4) is 0 Å². The number of nitrogens with zero attached hydrogens (tertiary/aromatic N) is 4. The molecule has 0 fully saturated rings. The molecule has 1 aromatic heterocycles. The van der Waals surface area contributed by atoms with E-state index < -0.39 is 30.3 Å². The van der Waals surface area contributed by atoms with E-state index in [0.29, 0.717) is 0 Å². The third-order valence-corrected chi connectivity index (χ3v) is 3.11. The highest BCUT2D eigenvalue weighted by molar-refractivity contribution is 6.30. The summed E-state index contributed by atoms with van der Waals surface area (Å²) in [5.41, 5.74) is -3.32. The van der Waals surface area contributed by atoms with Gasteiger partial charge in [-0.1, -0.05) is 11.6 Å². The lowest BCUT2D eigenvalue weighted by atomic mass is 10.1. The van der Waals surface area contributed by atoms with Gasteiger partial charge in [0.15, 0.2) is 0 Å². The molecule has 0 radical (unpaired) electrons. The second kappa shape index (κ2) is 4.74. The summed E-state index contributed by atoms with van der Waals surface area (Å²) in [6.45, 7) is 1.33. The van der Waals surface area contributed by atoms with Crippen LogP contribution in [0.2, 0.25) is 5.02 Å². The molecule has 0 aromatic carbocycles. The minimum Gasteiger partial charge on any atom is -0.362 e. The van der Waals surface area contributed by atoms with Gasteiger partial charge in [0.1, 0.15) is 6.04 Å². The summed E-state index contributed by atoms with van der Waals surface area (Å²) in [6, 6.07) is -1.09. The maximum atomic E-state index is 12.9. The first-order valence-electron chi connectivity index (χ1n) is 5.52. The SMILES string of the molecule is C[C@H](C(=O)N1N=CC[C@]1(O)C(F)(F)F)n1cc(Cl)cn1. The lowest BCUT2D eigenvalue weighted by Gasteiger charge is -2.33. The van der Waals surface area contributed by atoms with Gasteiger partial charge in [0.25, 0.3) is 11.6 Å². The molecule has 1 aliphatic rings.